The number of carbonyl (C=O) groups is 1. The van der Waals surface area contributed by atoms with Gasteiger partial charge in [-0.15, -0.1) is 0 Å². The third-order valence-electron chi connectivity index (χ3n) is 7.02. The summed E-state index contributed by atoms with van der Waals surface area (Å²) in [4.78, 5) is 22.9. The smallest absolute Gasteiger partial charge is 0.254 e. The summed E-state index contributed by atoms with van der Waals surface area (Å²) in [7, 11) is 0. The molecule has 6 rings (SSSR count). The second-order valence-corrected chi connectivity index (χ2v) is 9.68. The van der Waals surface area contributed by atoms with Gasteiger partial charge in [0.2, 0.25) is 0 Å². The minimum Gasteiger partial charge on any atom is -0.326 e. The van der Waals surface area contributed by atoms with Crippen molar-refractivity contribution in [2.24, 2.45) is 0 Å². The second-order valence-electron chi connectivity index (χ2n) is 9.68. The van der Waals surface area contributed by atoms with Crippen LogP contribution in [0.5, 0.6) is 0 Å². The van der Waals surface area contributed by atoms with Crippen molar-refractivity contribution in [2.45, 2.75) is 19.5 Å². The first-order valence-electron chi connectivity index (χ1n) is 12.9. The van der Waals surface area contributed by atoms with Crippen molar-refractivity contribution < 1.29 is 4.79 Å². The van der Waals surface area contributed by atoms with E-state index in [4.69, 9.17) is 4.98 Å². The summed E-state index contributed by atoms with van der Waals surface area (Å²) >= 11 is 0. The fourth-order valence-corrected chi connectivity index (χ4v) is 5.20. The van der Waals surface area contributed by atoms with Crippen LogP contribution in [0.1, 0.15) is 27.9 Å². The van der Waals surface area contributed by atoms with Crippen LogP contribution in [0.2, 0.25) is 0 Å². The maximum Gasteiger partial charge on any atom is 0.254 e. The van der Waals surface area contributed by atoms with Crippen LogP contribution in [0.25, 0.3) is 22.4 Å². The molecule has 1 aliphatic rings. The molecule has 4 aromatic carbocycles. The van der Waals surface area contributed by atoms with E-state index in [1.54, 1.807) is 0 Å². The topological polar surface area (TPSA) is 41.4 Å². The fraction of sp³-hybridized carbons (Fsp3) is 0.188. The van der Waals surface area contributed by atoms with E-state index < -0.39 is 0 Å². The van der Waals surface area contributed by atoms with Crippen LogP contribution in [0.4, 0.5) is 0 Å². The highest BCUT2D eigenvalue weighted by Crippen LogP contribution is 2.27. The molecule has 0 bridgehead atoms. The van der Waals surface area contributed by atoms with Gasteiger partial charge in [0.05, 0.1) is 17.7 Å². The largest absolute Gasteiger partial charge is 0.326 e. The Bertz CT molecular complexity index is 1510. The molecule has 0 N–H and O–H groups in total. The number of aromatic nitrogens is 2. The zero-order valence-electron chi connectivity index (χ0n) is 20.8. The maximum absolute atomic E-state index is 13.6. The summed E-state index contributed by atoms with van der Waals surface area (Å²) in [6.45, 7) is 4.00. The second kappa shape index (κ2) is 10.4. The van der Waals surface area contributed by atoms with Gasteiger partial charge in [-0.05, 0) is 41.8 Å². The third kappa shape index (κ3) is 5.04. The number of rotatable bonds is 6. The third-order valence-corrected chi connectivity index (χ3v) is 7.02. The van der Waals surface area contributed by atoms with Gasteiger partial charge in [-0.2, -0.15) is 0 Å². The lowest BCUT2D eigenvalue weighted by atomic mass is 10.1. The highest BCUT2D eigenvalue weighted by molar-refractivity contribution is 5.95. The van der Waals surface area contributed by atoms with Crippen molar-refractivity contribution >= 4 is 16.9 Å². The van der Waals surface area contributed by atoms with Crippen LogP contribution >= 0.6 is 0 Å². The van der Waals surface area contributed by atoms with Gasteiger partial charge in [-0.3, -0.25) is 9.69 Å². The average Bonchev–Trinajstić information content (AvgIpc) is 3.32. The lowest BCUT2D eigenvalue weighted by molar-refractivity contribution is 0.0480. The van der Waals surface area contributed by atoms with Crippen LogP contribution in [0.3, 0.4) is 0 Å². The Morgan fingerprint density at radius 2 is 1.43 bits per heavy atom. The number of nitrogens with zero attached hydrogens (tertiary/aromatic N) is 4. The molecule has 0 unspecified atom stereocenters. The summed E-state index contributed by atoms with van der Waals surface area (Å²) in [6, 6.07) is 37.1. The van der Waals surface area contributed by atoms with E-state index >= 15 is 0 Å². The first kappa shape index (κ1) is 23.2. The van der Waals surface area contributed by atoms with Gasteiger partial charge < -0.3 is 9.47 Å². The first-order valence-corrected chi connectivity index (χ1v) is 12.9. The predicted molar refractivity (Wildman–Crippen MR) is 148 cm³/mol. The molecule has 0 radical (unpaired) electrons. The van der Waals surface area contributed by atoms with E-state index in [-0.39, 0.29) is 5.91 Å². The fourth-order valence-electron chi connectivity index (χ4n) is 5.20. The number of imidazole rings is 1. The van der Waals surface area contributed by atoms with Crippen LogP contribution < -0.4 is 0 Å². The van der Waals surface area contributed by atoms with Crippen LogP contribution in [0, 0.1) is 0 Å². The summed E-state index contributed by atoms with van der Waals surface area (Å²) in [6.07, 6.45) is 0.977. The molecule has 0 aliphatic carbocycles. The normalized spacial score (nSPS) is 14.2. The van der Waals surface area contributed by atoms with Crippen LogP contribution in [0.15, 0.2) is 109 Å². The van der Waals surface area contributed by atoms with E-state index in [9.17, 15) is 4.79 Å². The number of amides is 1. The number of fused-ring (bicyclic) bond motifs is 1. The first-order chi connectivity index (χ1) is 18.2. The Morgan fingerprint density at radius 3 is 2.22 bits per heavy atom. The van der Waals surface area contributed by atoms with Gasteiger partial charge in [-0.25, -0.2) is 4.98 Å². The van der Waals surface area contributed by atoms with Crippen molar-refractivity contribution in [2.75, 3.05) is 19.8 Å². The minimum atomic E-state index is 0.0744. The summed E-state index contributed by atoms with van der Waals surface area (Å²) in [5.74, 6) is 0.953. The quantitative estimate of drug-likeness (QED) is 0.293. The zero-order valence-corrected chi connectivity index (χ0v) is 20.8. The molecule has 1 fully saturated rings. The molecule has 0 saturated carbocycles. The monoisotopic (exact) mass is 486 g/mol. The molecule has 0 atom stereocenters. The SMILES string of the molecule is O=C(c1cccc(-c2nc3ccccc3n2Cc2ccccc2)c1)N1CCCN(Cc2ccccc2)C1. The van der Waals surface area contributed by atoms with Gasteiger partial charge in [0.25, 0.3) is 5.91 Å². The molecule has 5 nitrogen and oxygen atoms in total. The Balaban J connectivity index is 1.28. The Kier molecular flexibility index (Phi) is 6.53. The molecular formula is C32H30N4O. The molecule has 37 heavy (non-hydrogen) atoms. The average molecular weight is 487 g/mol. The summed E-state index contributed by atoms with van der Waals surface area (Å²) in [5, 5.41) is 0. The molecule has 1 aliphatic heterocycles. The number of carbonyl (C=O) groups excluding carboxylic acids is 1. The van der Waals surface area contributed by atoms with Crippen molar-refractivity contribution in [1.82, 2.24) is 19.4 Å². The van der Waals surface area contributed by atoms with Crippen LogP contribution in [-0.4, -0.2) is 45.0 Å². The van der Waals surface area contributed by atoms with Crippen molar-refractivity contribution in [3.05, 3.63) is 126 Å². The van der Waals surface area contributed by atoms with Gasteiger partial charge in [0.15, 0.2) is 0 Å². The van der Waals surface area contributed by atoms with Crippen molar-refractivity contribution in [1.29, 1.82) is 0 Å². The predicted octanol–water partition coefficient (Wildman–Crippen LogP) is 6.06. The molecule has 0 spiro atoms. The molecule has 5 heteroatoms. The van der Waals surface area contributed by atoms with Gasteiger partial charge >= 0.3 is 0 Å². The van der Waals surface area contributed by atoms with E-state index in [1.165, 1.54) is 11.1 Å². The summed E-state index contributed by atoms with van der Waals surface area (Å²) < 4.78 is 2.25. The standard InChI is InChI=1S/C32H30N4O/c37-32(35-20-10-19-34(24-35)22-25-11-3-1-4-12-25)28-16-9-15-27(21-28)31-33-29-17-7-8-18-30(29)36(31)23-26-13-5-2-6-14-26/h1-9,11-18,21H,10,19-20,22-24H2. The number of para-hydroxylation sites is 2. The van der Waals surface area contributed by atoms with Gasteiger partial charge in [-0.1, -0.05) is 84.9 Å². The van der Waals surface area contributed by atoms with E-state index in [2.05, 4.69) is 70.1 Å². The van der Waals surface area contributed by atoms with Gasteiger partial charge in [0.1, 0.15) is 5.82 Å². The Hall–Kier alpha value is -4.22. The molecule has 1 saturated heterocycles. The van der Waals surface area contributed by atoms with E-state index in [0.717, 1.165) is 55.0 Å². The molecule has 1 amide bonds. The van der Waals surface area contributed by atoms with Gasteiger partial charge in [0, 0.05) is 37.3 Å². The van der Waals surface area contributed by atoms with Crippen LogP contribution in [-0.2, 0) is 13.1 Å². The van der Waals surface area contributed by atoms with E-state index in [1.807, 2.05) is 53.4 Å². The molecule has 1 aromatic heterocycles. The number of benzene rings is 4. The molecular weight excluding hydrogens is 456 g/mol. The minimum absolute atomic E-state index is 0.0744. The molecule has 5 aromatic rings. The van der Waals surface area contributed by atoms with Crippen molar-refractivity contribution in [3.63, 3.8) is 0 Å². The lowest BCUT2D eigenvalue weighted by Gasteiger charge is -2.35. The Labute approximate surface area is 217 Å². The lowest BCUT2D eigenvalue weighted by Crippen LogP contribution is -2.47. The number of hydrogen-bond acceptors (Lipinski definition) is 3. The highest BCUT2D eigenvalue weighted by Gasteiger charge is 2.23. The Morgan fingerprint density at radius 1 is 0.730 bits per heavy atom. The van der Waals surface area contributed by atoms with Crippen molar-refractivity contribution in [3.8, 4) is 11.4 Å². The van der Waals surface area contributed by atoms with E-state index in [0.29, 0.717) is 12.2 Å². The maximum atomic E-state index is 13.6. The zero-order chi connectivity index (χ0) is 25.0. The molecule has 184 valence electrons. The number of hydrogen-bond donors (Lipinski definition) is 0. The highest BCUT2D eigenvalue weighted by atomic mass is 16.2. The molecule has 2 heterocycles. The summed E-state index contributed by atoms with van der Waals surface area (Å²) in [5.41, 5.74) is 6.19.